The molecule has 0 amide bonds. The summed E-state index contributed by atoms with van der Waals surface area (Å²) in [6.45, 7) is 2.77. The Morgan fingerprint density at radius 2 is 1.91 bits per heavy atom. The van der Waals surface area contributed by atoms with Gasteiger partial charge in [-0.1, -0.05) is 12.1 Å². The van der Waals surface area contributed by atoms with Crippen LogP contribution in [0.25, 0.3) is 10.9 Å². The van der Waals surface area contributed by atoms with E-state index < -0.39 is 0 Å². The van der Waals surface area contributed by atoms with Crippen molar-refractivity contribution in [1.82, 2.24) is 9.97 Å². The van der Waals surface area contributed by atoms with E-state index in [0.717, 1.165) is 39.2 Å². The minimum absolute atomic E-state index is 0.776. The summed E-state index contributed by atoms with van der Waals surface area (Å²) in [5.41, 5.74) is 3.14. The van der Waals surface area contributed by atoms with Gasteiger partial charge in [0, 0.05) is 35.7 Å². The predicted octanol–water partition coefficient (Wildman–Crippen LogP) is 4.35. The fourth-order valence-electron chi connectivity index (χ4n) is 2.42. The van der Waals surface area contributed by atoms with Crippen LogP contribution >= 0.6 is 15.9 Å². The van der Waals surface area contributed by atoms with Gasteiger partial charge in [-0.15, -0.1) is 0 Å². The summed E-state index contributed by atoms with van der Waals surface area (Å²) >= 11 is 3.51. The number of hydrogen-bond acceptors (Lipinski definition) is 4. The van der Waals surface area contributed by atoms with Gasteiger partial charge in [-0.3, -0.25) is 4.98 Å². The first-order valence-electron chi connectivity index (χ1n) is 7.34. The first-order chi connectivity index (χ1) is 11.1. The molecule has 0 saturated heterocycles. The molecule has 0 aliphatic rings. The van der Waals surface area contributed by atoms with Gasteiger partial charge in [0.05, 0.1) is 18.3 Å². The summed E-state index contributed by atoms with van der Waals surface area (Å²) in [7, 11) is 3.71. The average Bonchev–Trinajstić information content (AvgIpc) is 2.56. The summed E-state index contributed by atoms with van der Waals surface area (Å²) in [4.78, 5) is 11.3. The first-order valence-corrected chi connectivity index (χ1v) is 8.13. The number of aryl methyl sites for hydroxylation is 1. The molecule has 0 atom stereocenters. The summed E-state index contributed by atoms with van der Waals surface area (Å²) in [6, 6.07) is 12.2. The molecule has 0 saturated carbocycles. The number of pyridine rings is 2. The molecule has 4 nitrogen and oxygen atoms in total. The molecule has 1 aromatic carbocycles. The van der Waals surface area contributed by atoms with Gasteiger partial charge in [0.1, 0.15) is 11.6 Å². The van der Waals surface area contributed by atoms with E-state index in [1.807, 2.05) is 38.4 Å². The van der Waals surface area contributed by atoms with Crippen molar-refractivity contribution < 1.29 is 4.74 Å². The first kappa shape index (κ1) is 15.7. The van der Waals surface area contributed by atoms with E-state index in [2.05, 4.69) is 49.0 Å². The zero-order valence-electron chi connectivity index (χ0n) is 13.4. The maximum absolute atomic E-state index is 5.19. The monoisotopic (exact) mass is 371 g/mol. The molecule has 0 N–H and O–H groups in total. The number of benzene rings is 1. The smallest absolute Gasteiger partial charge is 0.130 e. The van der Waals surface area contributed by atoms with Gasteiger partial charge in [0.2, 0.25) is 0 Å². The standard InChI is InChI=1S/C18H18BrN3O/c1-12-16(19)8-14-10-20-18(9-17(14)21-12)22(2)11-13-4-6-15(23-3)7-5-13/h4-10H,11H2,1-3H3. The Labute approximate surface area is 144 Å². The summed E-state index contributed by atoms with van der Waals surface area (Å²) in [5, 5.41) is 1.03. The number of rotatable bonds is 4. The van der Waals surface area contributed by atoms with Crippen molar-refractivity contribution in [2.75, 3.05) is 19.1 Å². The van der Waals surface area contributed by atoms with Gasteiger partial charge >= 0.3 is 0 Å². The van der Waals surface area contributed by atoms with E-state index in [9.17, 15) is 0 Å². The lowest BCUT2D eigenvalue weighted by Crippen LogP contribution is -2.17. The third-order valence-electron chi connectivity index (χ3n) is 3.78. The van der Waals surface area contributed by atoms with E-state index in [0.29, 0.717) is 0 Å². The Bertz CT molecular complexity index is 834. The van der Waals surface area contributed by atoms with Crippen molar-refractivity contribution in [2.24, 2.45) is 0 Å². The number of fused-ring (bicyclic) bond motifs is 1. The zero-order chi connectivity index (χ0) is 16.4. The summed E-state index contributed by atoms with van der Waals surface area (Å²) < 4.78 is 6.20. The minimum atomic E-state index is 0.776. The molecule has 2 aromatic heterocycles. The maximum atomic E-state index is 5.19. The van der Waals surface area contributed by atoms with Crippen LogP contribution in [0.1, 0.15) is 11.3 Å². The summed E-state index contributed by atoms with van der Waals surface area (Å²) in [6.07, 6.45) is 1.87. The van der Waals surface area contributed by atoms with Gasteiger partial charge in [-0.05, 0) is 46.6 Å². The third kappa shape index (κ3) is 3.45. The lowest BCUT2D eigenvalue weighted by atomic mass is 10.2. The molecule has 0 bridgehead atoms. The predicted molar refractivity (Wildman–Crippen MR) is 97.1 cm³/mol. The second-order valence-corrected chi connectivity index (χ2v) is 6.35. The highest BCUT2D eigenvalue weighted by molar-refractivity contribution is 9.10. The second kappa shape index (κ2) is 6.54. The number of aromatic nitrogens is 2. The molecule has 2 heterocycles. The van der Waals surface area contributed by atoms with Crippen molar-refractivity contribution in [3.05, 3.63) is 58.3 Å². The number of ether oxygens (including phenoxy) is 1. The number of halogens is 1. The molecule has 3 aromatic rings. The van der Waals surface area contributed by atoms with Crippen LogP contribution in [0.4, 0.5) is 5.82 Å². The van der Waals surface area contributed by atoms with Crippen LogP contribution in [0.2, 0.25) is 0 Å². The van der Waals surface area contributed by atoms with E-state index in [1.165, 1.54) is 5.56 Å². The number of anilines is 1. The molecule has 0 aliphatic carbocycles. The van der Waals surface area contributed by atoms with E-state index in [-0.39, 0.29) is 0 Å². The molecule has 0 radical (unpaired) electrons. The van der Waals surface area contributed by atoms with Crippen molar-refractivity contribution >= 4 is 32.7 Å². The number of methoxy groups -OCH3 is 1. The summed E-state index contributed by atoms with van der Waals surface area (Å²) in [5.74, 6) is 1.77. The number of hydrogen-bond donors (Lipinski definition) is 0. The highest BCUT2D eigenvalue weighted by Crippen LogP contribution is 2.24. The molecular formula is C18H18BrN3O. The quantitative estimate of drug-likeness (QED) is 0.683. The van der Waals surface area contributed by atoms with Gasteiger partial charge < -0.3 is 9.64 Å². The minimum Gasteiger partial charge on any atom is -0.497 e. The zero-order valence-corrected chi connectivity index (χ0v) is 15.0. The van der Waals surface area contributed by atoms with Gasteiger partial charge in [0.25, 0.3) is 0 Å². The third-order valence-corrected chi connectivity index (χ3v) is 4.59. The van der Waals surface area contributed by atoms with Crippen molar-refractivity contribution in [2.45, 2.75) is 13.5 Å². The fourth-order valence-corrected chi connectivity index (χ4v) is 2.76. The fraction of sp³-hybridized carbons (Fsp3) is 0.222. The van der Waals surface area contributed by atoms with Crippen LogP contribution in [0.3, 0.4) is 0 Å². The topological polar surface area (TPSA) is 38.2 Å². The molecule has 118 valence electrons. The highest BCUT2D eigenvalue weighted by atomic mass is 79.9. The molecule has 0 aliphatic heterocycles. The van der Waals surface area contributed by atoms with Crippen molar-refractivity contribution in [3.8, 4) is 5.75 Å². The second-order valence-electron chi connectivity index (χ2n) is 5.49. The van der Waals surface area contributed by atoms with Crippen molar-refractivity contribution in [1.29, 1.82) is 0 Å². The lowest BCUT2D eigenvalue weighted by Gasteiger charge is -2.19. The molecular weight excluding hydrogens is 354 g/mol. The Morgan fingerprint density at radius 1 is 1.17 bits per heavy atom. The van der Waals surface area contributed by atoms with E-state index >= 15 is 0 Å². The van der Waals surface area contributed by atoms with Crippen LogP contribution < -0.4 is 9.64 Å². The van der Waals surface area contributed by atoms with Crippen LogP contribution in [-0.2, 0) is 6.54 Å². The largest absolute Gasteiger partial charge is 0.497 e. The Morgan fingerprint density at radius 3 is 2.61 bits per heavy atom. The molecule has 0 unspecified atom stereocenters. The maximum Gasteiger partial charge on any atom is 0.130 e. The molecule has 3 rings (SSSR count). The van der Waals surface area contributed by atoms with E-state index in [4.69, 9.17) is 4.74 Å². The molecule has 0 fully saturated rings. The highest BCUT2D eigenvalue weighted by Gasteiger charge is 2.07. The molecule has 5 heteroatoms. The normalized spacial score (nSPS) is 10.8. The molecule has 0 spiro atoms. The Balaban J connectivity index is 1.84. The van der Waals surface area contributed by atoms with Gasteiger partial charge in [-0.25, -0.2) is 4.98 Å². The van der Waals surface area contributed by atoms with Crippen molar-refractivity contribution in [3.63, 3.8) is 0 Å². The van der Waals surface area contributed by atoms with Crippen LogP contribution in [0.15, 0.2) is 47.1 Å². The number of nitrogens with zero attached hydrogens (tertiary/aromatic N) is 3. The van der Waals surface area contributed by atoms with Crippen LogP contribution in [0, 0.1) is 6.92 Å². The average molecular weight is 372 g/mol. The van der Waals surface area contributed by atoms with Crippen LogP contribution in [0.5, 0.6) is 5.75 Å². The Hall–Kier alpha value is -2.14. The SMILES string of the molecule is COc1ccc(CN(C)c2cc3nc(C)c(Br)cc3cn2)cc1. The van der Waals surface area contributed by atoms with Gasteiger partial charge in [0.15, 0.2) is 0 Å². The lowest BCUT2D eigenvalue weighted by molar-refractivity contribution is 0.414. The van der Waals surface area contributed by atoms with Crippen LogP contribution in [-0.4, -0.2) is 24.1 Å². The van der Waals surface area contributed by atoms with Gasteiger partial charge in [-0.2, -0.15) is 0 Å². The Kier molecular flexibility index (Phi) is 4.48. The van der Waals surface area contributed by atoms with E-state index in [1.54, 1.807) is 7.11 Å². The molecule has 23 heavy (non-hydrogen) atoms.